The number of alkyl halides is 2. The number of halogens is 2. The van der Waals surface area contributed by atoms with Crippen LogP contribution >= 0.6 is 11.3 Å². The first-order valence-corrected chi connectivity index (χ1v) is 8.88. The minimum absolute atomic E-state index is 0.101. The molecule has 0 atom stereocenters. The van der Waals surface area contributed by atoms with E-state index < -0.39 is 6.61 Å². The van der Waals surface area contributed by atoms with Crippen molar-refractivity contribution in [3.8, 4) is 17.0 Å². The van der Waals surface area contributed by atoms with E-state index in [0.717, 1.165) is 11.3 Å². The van der Waals surface area contributed by atoms with E-state index in [0.29, 0.717) is 17.0 Å². The SMILES string of the molecule is C=CCN=c1scc(-c2ccc(OC(F)F)cc2)n1/N=C/c1ccccn1. The molecule has 2 aromatic heterocycles. The van der Waals surface area contributed by atoms with Crippen LogP contribution in [0.2, 0.25) is 0 Å². The third-order valence-corrected chi connectivity index (χ3v) is 4.26. The normalized spacial score (nSPS) is 12.0. The number of pyridine rings is 1. The highest BCUT2D eigenvalue weighted by molar-refractivity contribution is 7.07. The molecule has 0 aliphatic heterocycles. The molecular formula is C19H16F2N4OS. The van der Waals surface area contributed by atoms with Crippen molar-refractivity contribution in [1.29, 1.82) is 0 Å². The smallest absolute Gasteiger partial charge is 0.387 e. The Kier molecular flexibility index (Phi) is 6.22. The lowest BCUT2D eigenvalue weighted by Gasteiger charge is -2.06. The van der Waals surface area contributed by atoms with E-state index in [9.17, 15) is 8.78 Å². The van der Waals surface area contributed by atoms with Gasteiger partial charge in [0.2, 0.25) is 4.80 Å². The van der Waals surface area contributed by atoms with Crippen molar-refractivity contribution in [2.24, 2.45) is 10.1 Å². The van der Waals surface area contributed by atoms with Crippen molar-refractivity contribution in [2.75, 3.05) is 6.54 Å². The van der Waals surface area contributed by atoms with E-state index in [2.05, 4.69) is 26.4 Å². The van der Waals surface area contributed by atoms with E-state index in [-0.39, 0.29) is 5.75 Å². The largest absolute Gasteiger partial charge is 0.435 e. The van der Waals surface area contributed by atoms with Gasteiger partial charge in [0.1, 0.15) is 5.75 Å². The predicted molar refractivity (Wildman–Crippen MR) is 102 cm³/mol. The highest BCUT2D eigenvalue weighted by atomic mass is 32.1. The summed E-state index contributed by atoms with van der Waals surface area (Å²) in [5.74, 6) is 0.101. The first kappa shape index (κ1) is 18.7. The summed E-state index contributed by atoms with van der Waals surface area (Å²) in [6.45, 7) is 1.28. The number of rotatable bonds is 7. The molecule has 0 fully saturated rings. The van der Waals surface area contributed by atoms with Gasteiger partial charge in [-0.25, -0.2) is 4.68 Å². The minimum Gasteiger partial charge on any atom is -0.435 e. The third-order valence-electron chi connectivity index (χ3n) is 3.41. The van der Waals surface area contributed by atoms with Crippen LogP contribution in [0.3, 0.4) is 0 Å². The quantitative estimate of drug-likeness (QED) is 0.452. The monoisotopic (exact) mass is 386 g/mol. The number of hydrogen-bond donors (Lipinski definition) is 0. The predicted octanol–water partition coefficient (Wildman–Crippen LogP) is 4.18. The van der Waals surface area contributed by atoms with Crippen molar-refractivity contribution in [2.45, 2.75) is 6.61 Å². The molecule has 0 spiro atoms. The molecule has 0 saturated carbocycles. The molecule has 5 nitrogen and oxygen atoms in total. The number of thiazole rings is 1. The number of benzene rings is 1. The Bertz CT molecular complexity index is 979. The van der Waals surface area contributed by atoms with Gasteiger partial charge in [0.05, 0.1) is 24.1 Å². The Balaban J connectivity index is 1.99. The second-order valence-electron chi connectivity index (χ2n) is 5.25. The zero-order valence-electron chi connectivity index (χ0n) is 14.2. The second kappa shape index (κ2) is 9.00. The van der Waals surface area contributed by atoms with Crippen molar-refractivity contribution in [1.82, 2.24) is 9.66 Å². The van der Waals surface area contributed by atoms with Gasteiger partial charge in [-0.2, -0.15) is 13.9 Å². The van der Waals surface area contributed by atoms with E-state index >= 15 is 0 Å². The van der Waals surface area contributed by atoms with Gasteiger partial charge >= 0.3 is 6.61 Å². The van der Waals surface area contributed by atoms with Crippen LogP contribution in [0.1, 0.15) is 5.69 Å². The Hall–Kier alpha value is -3.13. The topological polar surface area (TPSA) is 51.8 Å². The zero-order chi connectivity index (χ0) is 19.1. The van der Waals surface area contributed by atoms with Crippen LogP contribution in [0.4, 0.5) is 8.78 Å². The number of aromatic nitrogens is 2. The average Bonchev–Trinajstić information content (AvgIpc) is 3.08. The molecular weight excluding hydrogens is 370 g/mol. The maximum absolute atomic E-state index is 12.3. The summed E-state index contributed by atoms with van der Waals surface area (Å²) in [5, 5.41) is 6.40. The van der Waals surface area contributed by atoms with Gasteiger partial charge in [0.15, 0.2) is 0 Å². The minimum atomic E-state index is -2.85. The molecule has 0 aliphatic rings. The zero-order valence-corrected chi connectivity index (χ0v) is 15.0. The Morgan fingerprint density at radius 2 is 2.04 bits per heavy atom. The summed E-state index contributed by atoms with van der Waals surface area (Å²) >= 11 is 1.42. The van der Waals surface area contributed by atoms with Gasteiger partial charge in [0.25, 0.3) is 0 Å². The van der Waals surface area contributed by atoms with Crippen LogP contribution < -0.4 is 9.54 Å². The molecule has 0 N–H and O–H groups in total. The molecule has 138 valence electrons. The summed E-state index contributed by atoms with van der Waals surface area (Å²) in [5.41, 5.74) is 2.28. The standard InChI is InChI=1S/C19H16F2N4OS/c1-2-10-23-19-25(24-12-15-5-3-4-11-22-15)17(13-27-19)14-6-8-16(9-7-14)26-18(20)21/h2-9,11-13,18H,1,10H2/b23-19?,24-12+. The maximum atomic E-state index is 12.3. The fraction of sp³-hybridized carbons (Fsp3) is 0.105. The van der Waals surface area contributed by atoms with E-state index in [1.807, 2.05) is 23.6 Å². The van der Waals surface area contributed by atoms with E-state index in [4.69, 9.17) is 0 Å². The Morgan fingerprint density at radius 3 is 2.70 bits per heavy atom. The molecule has 27 heavy (non-hydrogen) atoms. The number of hydrogen-bond acceptors (Lipinski definition) is 5. The van der Waals surface area contributed by atoms with Gasteiger partial charge in [-0.05, 0) is 36.4 Å². The van der Waals surface area contributed by atoms with Gasteiger partial charge in [-0.1, -0.05) is 12.1 Å². The molecule has 3 rings (SSSR count). The first-order valence-electron chi connectivity index (χ1n) is 8.00. The van der Waals surface area contributed by atoms with Crippen LogP contribution in [0.25, 0.3) is 11.3 Å². The maximum Gasteiger partial charge on any atom is 0.387 e. The summed E-state index contributed by atoms with van der Waals surface area (Å²) in [7, 11) is 0. The van der Waals surface area contributed by atoms with E-state index in [1.54, 1.807) is 35.3 Å². The molecule has 0 saturated heterocycles. The van der Waals surface area contributed by atoms with Crippen molar-refractivity contribution in [3.05, 3.63) is 77.2 Å². The highest BCUT2D eigenvalue weighted by Crippen LogP contribution is 2.24. The molecule has 0 aliphatic carbocycles. The second-order valence-corrected chi connectivity index (χ2v) is 6.08. The molecule has 2 heterocycles. The average molecular weight is 386 g/mol. The lowest BCUT2D eigenvalue weighted by molar-refractivity contribution is -0.0498. The molecule has 0 amide bonds. The van der Waals surface area contributed by atoms with Crippen molar-refractivity contribution < 1.29 is 13.5 Å². The van der Waals surface area contributed by atoms with Crippen LogP contribution in [0.15, 0.2) is 76.8 Å². The van der Waals surface area contributed by atoms with Crippen LogP contribution in [-0.4, -0.2) is 29.0 Å². The number of ether oxygens (including phenoxy) is 1. The number of nitrogens with zero attached hydrogens (tertiary/aromatic N) is 4. The van der Waals surface area contributed by atoms with Crippen LogP contribution in [0, 0.1) is 0 Å². The molecule has 0 unspecified atom stereocenters. The molecule has 8 heteroatoms. The lowest BCUT2D eigenvalue weighted by Crippen LogP contribution is -2.12. The summed E-state index contributed by atoms with van der Waals surface area (Å²) in [6, 6.07) is 11.9. The van der Waals surface area contributed by atoms with Crippen molar-refractivity contribution >= 4 is 17.6 Å². The Labute approximate surface area is 158 Å². The lowest BCUT2D eigenvalue weighted by atomic mass is 10.2. The first-order chi connectivity index (χ1) is 13.2. The summed E-state index contributed by atoms with van der Waals surface area (Å²) < 4.78 is 30.7. The highest BCUT2D eigenvalue weighted by Gasteiger charge is 2.09. The van der Waals surface area contributed by atoms with Gasteiger partial charge in [-0.3, -0.25) is 9.98 Å². The summed E-state index contributed by atoms with van der Waals surface area (Å²) in [6.07, 6.45) is 5.02. The van der Waals surface area contributed by atoms with Crippen molar-refractivity contribution in [3.63, 3.8) is 0 Å². The third kappa shape index (κ3) is 4.95. The fourth-order valence-electron chi connectivity index (χ4n) is 2.24. The van der Waals surface area contributed by atoms with Crippen LogP contribution in [-0.2, 0) is 0 Å². The summed E-state index contributed by atoms with van der Waals surface area (Å²) in [4.78, 5) is 9.35. The van der Waals surface area contributed by atoms with Gasteiger partial charge < -0.3 is 4.74 Å². The molecule has 1 aromatic carbocycles. The molecule has 0 radical (unpaired) electrons. The molecule has 0 bridgehead atoms. The van der Waals surface area contributed by atoms with Gasteiger partial charge in [0, 0.05) is 17.1 Å². The van der Waals surface area contributed by atoms with Crippen LogP contribution in [0.5, 0.6) is 5.75 Å². The van der Waals surface area contributed by atoms with Gasteiger partial charge in [-0.15, -0.1) is 17.9 Å². The molecule has 3 aromatic rings. The van der Waals surface area contributed by atoms with E-state index in [1.165, 1.54) is 23.5 Å². The Morgan fingerprint density at radius 1 is 1.22 bits per heavy atom. The fourth-order valence-corrected chi connectivity index (χ4v) is 3.08.